The number of aryl methyl sites for hydroxylation is 2. The molecule has 2 aromatic heterocycles. The van der Waals surface area contributed by atoms with E-state index < -0.39 is 0 Å². The molecule has 0 aliphatic heterocycles. The molecule has 2 atom stereocenters. The first-order chi connectivity index (χ1) is 8.63. The summed E-state index contributed by atoms with van der Waals surface area (Å²) in [7, 11) is 1.85. The van der Waals surface area contributed by atoms with Crippen LogP contribution in [0, 0.1) is 6.92 Å². The van der Waals surface area contributed by atoms with Crippen molar-refractivity contribution in [3.05, 3.63) is 21.9 Å². The van der Waals surface area contributed by atoms with Crippen LogP contribution in [-0.4, -0.2) is 26.2 Å². The Morgan fingerprint density at radius 3 is 2.83 bits per heavy atom. The highest BCUT2D eigenvalue weighted by Crippen LogP contribution is 2.40. The first kappa shape index (κ1) is 13.5. The largest absolute Gasteiger partial charge is 0.326 e. The molecule has 18 heavy (non-hydrogen) atoms. The fraction of sp³-hybridized carbons (Fsp3) is 0.545. The number of thioether (sulfide) groups is 1. The van der Waals surface area contributed by atoms with Crippen LogP contribution in [0.2, 0.25) is 0 Å². The summed E-state index contributed by atoms with van der Waals surface area (Å²) >= 11 is 3.39. The molecule has 0 aliphatic carbocycles. The molecule has 2 heterocycles. The Morgan fingerprint density at radius 1 is 1.56 bits per heavy atom. The summed E-state index contributed by atoms with van der Waals surface area (Å²) in [6, 6.07) is 2.23. The van der Waals surface area contributed by atoms with Crippen molar-refractivity contribution in [2.75, 3.05) is 0 Å². The maximum atomic E-state index is 6.25. The molecule has 0 spiro atoms. The number of nitrogens with two attached hydrogens (primary N) is 1. The van der Waals surface area contributed by atoms with E-state index >= 15 is 0 Å². The molecule has 2 N–H and O–H groups in total. The fourth-order valence-corrected chi connectivity index (χ4v) is 4.11. The molecule has 0 aromatic carbocycles. The van der Waals surface area contributed by atoms with Crippen molar-refractivity contribution in [1.29, 1.82) is 0 Å². The highest BCUT2D eigenvalue weighted by atomic mass is 32.2. The lowest BCUT2D eigenvalue weighted by atomic mass is 10.1. The van der Waals surface area contributed by atoms with Crippen molar-refractivity contribution in [3.63, 3.8) is 0 Å². The third-order valence-corrected chi connectivity index (χ3v) is 5.48. The lowest BCUT2D eigenvalue weighted by Gasteiger charge is -2.21. The van der Waals surface area contributed by atoms with Gasteiger partial charge in [-0.25, -0.2) is 4.68 Å². The zero-order valence-electron chi connectivity index (χ0n) is 10.7. The van der Waals surface area contributed by atoms with Gasteiger partial charge in [-0.15, -0.1) is 16.4 Å². The summed E-state index contributed by atoms with van der Waals surface area (Å²) in [5.74, 6) is 0. The number of hydrogen-bond acceptors (Lipinski definition) is 6. The fourth-order valence-electron chi connectivity index (χ4n) is 1.66. The van der Waals surface area contributed by atoms with E-state index in [9.17, 15) is 0 Å². The van der Waals surface area contributed by atoms with Crippen LogP contribution in [0.4, 0.5) is 0 Å². The van der Waals surface area contributed by atoms with Crippen LogP contribution >= 0.6 is 23.1 Å². The highest BCUT2D eigenvalue weighted by molar-refractivity contribution is 7.99. The minimum atomic E-state index is 0.101. The van der Waals surface area contributed by atoms with Gasteiger partial charge in [-0.3, -0.25) is 0 Å². The first-order valence-corrected chi connectivity index (χ1v) is 7.58. The maximum absolute atomic E-state index is 6.25. The van der Waals surface area contributed by atoms with Gasteiger partial charge in [0.1, 0.15) is 0 Å². The second kappa shape index (κ2) is 5.81. The SMILES string of the molecule is CCC(N)C(Sc1nnnn1C)c1sccc1C. The molecule has 2 unspecified atom stereocenters. The van der Waals surface area contributed by atoms with E-state index in [2.05, 4.69) is 40.8 Å². The Hall–Kier alpha value is -0.920. The lowest BCUT2D eigenvalue weighted by Crippen LogP contribution is -2.25. The number of tetrazole rings is 1. The maximum Gasteiger partial charge on any atom is 0.209 e. The number of aromatic nitrogens is 4. The summed E-state index contributed by atoms with van der Waals surface area (Å²) in [5.41, 5.74) is 7.54. The Balaban J connectivity index is 2.27. The molecule has 0 fully saturated rings. The quantitative estimate of drug-likeness (QED) is 0.851. The van der Waals surface area contributed by atoms with Crippen molar-refractivity contribution < 1.29 is 0 Å². The smallest absolute Gasteiger partial charge is 0.209 e. The van der Waals surface area contributed by atoms with Crippen molar-refractivity contribution in [1.82, 2.24) is 20.2 Å². The number of thiophene rings is 1. The molecule has 0 bridgehead atoms. The minimum absolute atomic E-state index is 0.101. The van der Waals surface area contributed by atoms with Crippen LogP contribution in [0.3, 0.4) is 0 Å². The second-order valence-electron chi connectivity index (χ2n) is 4.16. The zero-order valence-corrected chi connectivity index (χ0v) is 12.3. The monoisotopic (exact) mass is 283 g/mol. The van der Waals surface area contributed by atoms with Crippen LogP contribution in [0.5, 0.6) is 0 Å². The highest BCUT2D eigenvalue weighted by Gasteiger charge is 2.24. The van der Waals surface area contributed by atoms with E-state index in [4.69, 9.17) is 5.73 Å². The zero-order chi connectivity index (χ0) is 13.1. The number of hydrogen-bond donors (Lipinski definition) is 1. The summed E-state index contributed by atoms with van der Waals surface area (Å²) in [6.45, 7) is 4.23. The molecule has 2 aromatic rings. The van der Waals surface area contributed by atoms with E-state index in [1.165, 1.54) is 10.4 Å². The molecule has 0 radical (unpaired) electrons. The minimum Gasteiger partial charge on any atom is -0.326 e. The van der Waals surface area contributed by atoms with Gasteiger partial charge in [0.15, 0.2) is 0 Å². The van der Waals surface area contributed by atoms with E-state index in [-0.39, 0.29) is 11.3 Å². The van der Waals surface area contributed by atoms with Gasteiger partial charge in [0.2, 0.25) is 5.16 Å². The second-order valence-corrected chi connectivity index (χ2v) is 6.22. The number of rotatable bonds is 5. The third kappa shape index (κ3) is 2.73. The average Bonchev–Trinajstić information content (AvgIpc) is 2.95. The molecular weight excluding hydrogens is 266 g/mol. The molecule has 0 aliphatic rings. The van der Waals surface area contributed by atoms with Gasteiger partial charge in [-0.2, -0.15) is 0 Å². The summed E-state index contributed by atoms with van der Waals surface area (Å²) in [5, 5.41) is 14.7. The Labute approximate surface area is 115 Å². The van der Waals surface area contributed by atoms with Gasteiger partial charge in [0, 0.05) is 18.0 Å². The van der Waals surface area contributed by atoms with Crippen molar-refractivity contribution >= 4 is 23.1 Å². The summed E-state index contributed by atoms with van der Waals surface area (Å²) in [6.07, 6.45) is 0.931. The average molecular weight is 283 g/mol. The lowest BCUT2D eigenvalue weighted by molar-refractivity contribution is 0.627. The van der Waals surface area contributed by atoms with E-state index in [1.807, 2.05) is 7.05 Å². The van der Waals surface area contributed by atoms with E-state index in [0.29, 0.717) is 0 Å². The van der Waals surface area contributed by atoms with Gasteiger partial charge in [0.05, 0.1) is 5.25 Å². The van der Waals surface area contributed by atoms with Crippen molar-refractivity contribution in [3.8, 4) is 0 Å². The number of nitrogens with zero attached hydrogens (tertiary/aromatic N) is 4. The molecule has 0 amide bonds. The molecule has 2 rings (SSSR count). The summed E-state index contributed by atoms with van der Waals surface area (Å²) in [4.78, 5) is 1.32. The van der Waals surface area contributed by atoms with Gasteiger partial charge in [0.25, 0.3) is 0 Å². The first-order valence-electron chi connectivity index (χ1n) is 5.82. The molecule has 5 nitrogen and oxygen atoms in total. The molecule has 7 heteroatoms. The van der Waals surface area contributed by atoms with Crippen LogP contribution in [0.1, 0.15) is 29.0 Å². The van der Waals surface area contributed by atoms with Gasteiger partial charge in [-0.1, -0.05) is 18.7 Å². The van der Waals surface area contributed by atoms with Crippen molar-refractivity contribution in [2.45, 2.75) is 36.7 Å². The van der Waals surface area contributed by atoms with Crippen LogP contribution < -0.4 is 5.73 Å². The Kier molecular flexibility index (Phi) is 4.36. The Bertz CT molecular complexity index is 507. The van der Waals surface area contributed by atoms with Crippen molar-refractivity contribution in [2.24, 2.45) is 12.8 Å². The molecular formula is C11H17N5S2. The predicted octanol–water partition coefficient (Wildman–Crippen LogP) is 2.15. The predicted molar refractivity (Wildman–Crippen MR) is 74.7 cm³/mol. The van der Waals surface area contributed by atoms with Crippen LogP contribution in [-0.2, 0) is 7.05 Å². The standard InChI is InChI=1S/C11H17N5S2/c1-4-8(12)10(9-7(2)5-6-17-9)18-11-13-14-15-16(11)3/h5-6,8,10H,4,12H2,1-3H3. The molecule has 0 saturated carbocycles. The van der Waals surface area contributed by atoms with Crippen LogP contribution in [0.15, 0.2) is 16.6 Å². The topological polar surface area (TPSA) is 69.6 Å². The normalized spacial score (nSPS) is 14.7. The van der Waals surface area contributed by atoms with E-state index in [0.717, 1.165) is 11.6 Å². The van der Waals surface area contributed by atoms with Gasteiger partial charge >= 0.3 is 0 Å². The van der Waals surface area contributed by atoms with Gasteiger partial charge < -0.3 is 5.73 Å². The molecule has 98 valence electrons. The Morgan fingerprint density at radius 2 is 2.33 bits per heavy atom. The van der Waals surface area contributed by atoms with Gasteiger partial charge in [-0.05, 0) is 40.8 Å². The summed E-state index contributed by atoms with van der Waals surface area (Å²) < 4.78 is 1.68. The third-order valence-electron chi connectivity index (χ3n) is 2.83. The van der Waals surface area contributed by atoms with E-state index in [1.54, 1.807) is 27.8 Å². The van der Waals surface area contributed by atoms with Crippen LogP contribution in [0.25, 0.3) is 0 Å². The molecule has 0 saturated heterocycles.